The van der Waals surface area contributed by atoms with E-state index < -0.39 is 11.9 Å². The topological polar surface area (TPSA) is 209 Å². The first-order valence-electron chi connectivity index (χ1n) is 21.8. The molecular weight excluding hydrogens is 775 g/mol. The van der Waals surface area contributed by atoms with Crippen LogP contribution in [0.4, 0.5) is 5.69 Å². The van der Waals surface area contributed by atoms with Crippen LogP contribution in [-0.4, -0.2) is 112 Å². The average Bonchev–Trinajstić information content (AvgIpc) is 4.12. The Morgan fingerprint density at radius 2 is 1.74 bits per heavy atom. The Bertz CT molecular complexity index is 2490. The number of carbonyl (C=O) groups is 4. The van der Waals surface area contributed by atoms with Gasteiger partial charge < -0.3 is 15.5 Å². The highest BCUT2D eigenvalue weighted by atomic mass is 16.2. The first kappa shape index (κ1) is 38.9. The maximum atomic E-state index is 13.5. The number of hydrogen-bond acceptors (Lipinski definition) is 12. The molecule has 3 saturated heterocycles. The van der Waals surface area contributed by atoms with Crippen LogP contribution in [0.3, 0.4) is 0 Å². The molecule has 2 unspecified atom stereocenters. The van der Waals surface area contributed by atoms with Crippen molar-refractivity contribution < 1.29 is 19.2 Å². The largest absolute Gasteiger partial charge is 0.382 e. The fourth-order valence-corrected chi connectivity index (χ4v) is 10.2. The number of anilines is 1. The zero-order chi connectivity index (χ0) is 41.6. The number of piperidine rings is 2. The van der Waals surface area contributed by atoms with Gasteiger partial charge in [-0.15, -0.1) is 5.10 Å². The Labute approximate surface area is 352 Å². The molecule has 0 radical (unpaired) electrons. The van der Waals surface area contributed by atoms with Crippen LogP contribution >= 0.6 is 0 Å². The molecule has 4 amide bonds. The summed E-state index contributed by atoms with van der Waals surface area (Å²) in [6.07, 6.45) is 22.2. The van der Waals surface area contributed by atoms with Crippen molar-refractivity contribution in [2.75, 3.05) is 25.0 Å². The van der Waals surface area contributed by atoms with Gasteiger partial charge in [0.1, 0.15) is 17.8 Å². The Balaban J connectivity index is 0.731. The lowest BCUT2D eigenvalue weighted by atomic mass is 9.89. The molecule has 3 aliphatic carbocycles. The number of nitrogens with zero attached hydrogens (tertiary/aromatic N) is 10. The number of likely N-dealkylation sites (tertiary alicyclic amines) is 2. The van der Waals surface area contributed by atoms with Crippen molar-refractivity contribution in [2.45, 2.75) is 114 Å². The molecular formula is C44H49N13O4. The summed E-state index contributed by atoms with van der Waals surface area (Å²) < 4.78 is 3.67. The number of fused-ring (bicyclic) bond motifs is 2. The third-order valence-electron chi connectivity index (χ3n) is 13.7. The summed E-state index contributed by atoms with van der Waals surface area (Å²) in [5, 5.41) is 33.3. The van der Waals surface area contributed by atoms with Gasteiger partial charge in [-0.1, -0.05) is 30.2 Å². The molecule has 6 aliphatic rings. The molecule has 0 spiro atoms. The minimum absolute atomic E-state index is 0.0444. The molecule has 7 heterocycles. The van der Waals surface area contributed by atoms with E-state index in [1.807, 2.05) is 23.1 Å². The van der Waals surface area contributed by atoms with E-state index in [4.69, 9.17) is 4.98 Å². The molecule has 3 aliphatic heterocycles. The normalized spacial score (nSPS) is 25.2. The second-order valence-electron chi connectivity index (χ2n) is 17.4. The van der Waals surface area contributed by atoms with Gasteiger partial charge in [0.05, 0.1) is 24.0 Å². The molecule has 17 heteroatoms. The summed E-state index contributed by atoms with van der Waals surface area (Å²) in [6, 6.07) is 6.02. The van der Waals surface area contributed by atoms with Crippen molar-refractivity contribution in [3.63, 3.8) is 0 Å². The van der Waals surface area contributed by atoms with Gasteiger partial charge in [0, 0.05) is 77.7 Å². The Morgan fingerprint density at radius 3 is 2.52 bits per heavy atom. The van der Waals surface area contributed by atoms with E-state index in [-0.39, 0.29) is 48.2 Å². The molecule has 4 aromatic heterocycles. The molecule has 314 valence electrons. The van der Waals surface area contributed by atoms with Crippen molar-refractivity contribution >= 4 is 40.3 Å². The van der Waals surface area contributed by atoms with Crippen LogP contribution in [0.1, 0.15) is 95.1 Å². The highest BCUT2D eigenvalue weighted by Gasteiger charge is 2.42. The summed E-state index contributed by atoms with van der Waals surface area (Å²) in [6.45, 7) is 1.95. The fraction of sp³-hybridized carbons (Fsp3) is 0.500. The van der Waals surface area contributed by atoms with Crippen LogP contribution in [0, 0.1) is 17.2 Å². The van der Waals surface area contributed by atoms with Gasteiger partial charge in [-0.3, -0.25) is 29.4 Å². The lowest BCUT2D eigenvalue weighted by Gasteiger charge is -2.37. The number of hydrogen-bond donors (Lipinski definition) is 3. The summed E-state index contributed by atoms with van der Waals surface area (Å²) in [4.78, 5) is 64.3. The van der Waals surface area contributed by atoms with Crippen molar-refractivity contribution in [2.24, 2.45) is 5.92 Å². The summed E-state index contributed by atoms with van der Waals surface area (Å²) in [7, 11) is 0. The number of nitrogens with one attached hydrogen (secondary N) is 3. The second kappa shape index (κ2) is 16.3. The van der Waals surface area contributed by atoms with E-state index in [1.54, 1.807) is 28.0 Å². The van der Waals surface area contributed by atoms with Crippen LogP contribution in [-0.2, 0) is 19.2 Å². The highest BCUT2D eigenvalue weighted by Crippen LogP contribution is 2.36. The molecule has 2 atom stereocenters. The van der Waals surface area contributed by atoms with Crippen molar-refractivity contribution in [1.82, 2.24) is 55.2 Å². The van der Waals surface area contributed by atoms with Gasteiger partial charge in [-0.25, -0.2) is 14.6 Å². The lowest BCUT2D eigenvalue weighted by molar-refractivity contribution is -0.142. The van der Waals surface area contributed by atoms with Gasteiger partial charge in [-0.05, 0) is 88.9 Å². The second-order valence-corrected chi connectivity index (χ2v) is 17.4. The maximum Gasteiger partial charge on any atom is 0.254 e. The lowest BCUT2D eigenvalue weighted by Crippen LogP contribution is -2.52. The van der Waals surface area contributed by atoms with Gasteiger partial charge in [0.2, 0.25) is 17.7 Å². The summed E-state index contributed by atoms with van der Waals surface area (Å²) in [5.74, 6) is -0.116. The number of nitriles is 1. The zero-order valence-corrected chi connectivity index (χ0v) is 34.0. The van der Waals surface area contributed by atoms with Gasteiger partial charge in [0.15, 0.2) is 11.5 Å². The number of aromatic nitrogens is 7. The first-order valence-corrected chi connectivity index (χ1v) is 21.8. The number of rotatable bonds is 9. The molecule has 0 aromatic carbocycles. The predicted octanol–water partition coefficient (Wildman–Crippen LogP) is 3.88. The van der Waals surface area contributed by atoms with E-state index in [0.717, 1.165) is 98.8 Å². The molecule has 17 nitrogen and oxygen atoms in total. The van der Waals surface area contributed by atoms with Gasteiger partial charge in [0.25, 0.3) is 5.91 Å². The van der Waals surface area contributed by atoms with Gasteiger partial charge >= 0.3 is 0 Å². The minimum atomic E-state index is -0.614. The molecule has 4 aromatic rings. The SMILES string of the molecule is N#Cc1cnc2c(cnn2-c2cc(NC3CCCC3)c(-c3cn(C4CCC(NC(=O)C5CCN(C6C=C7C(=O)N(C8CCC(=O)NC8=O)CC7=CC6)CC5)CC4)nn3)cn2)c1. The van der Waals surface area contributed by atoms with Crippen LogP contribution in [0.2, 0.25) is 0 Å². The van der Waals surface area contributed by atoms with Crippen molar-refractivity contribution in [3.8, 4) is 23.1 Å². The minimum Gasteiger partial charge on any atom is -0.382 e. The number of carbonyl (C=O) groups excluding carboxylic acids is 4. The third-order valence-corrected chi connectivity index (χ3v) is 13.7. The van der Waals surface area contributed by atoms with Crippen LogP contribution < -0.4 is 16.0 Å². The zero-order valence-electron chi connectivity index (χ0n) is 34.0. The molecule has 5 fully saturated rings. The molecule has 0 bridgehead atoms. The fourth-order valence-electron chi connectivity index (χ4n) is 10.2. The molecule has 10 rings (SSSR count). The predicted molar refractivity (Wildman–Crippen MR) is 222 cm³/mol. The summed E-state index contributed by atoms with van der Waals surface area (Å²) in [5.41, 5.74) is 5.27. The third kappa shape index (κ3) is 7.69. The Hall–Kier alpha value is -6.28. The standard InChI is InChI=1S/C44H49N13O4/c45-20-26-17-29-22-48-57(41(29)47-21-26)39-19-36(49-30-3-1-2-4-30)35(23-46-39)37-25-56(53-52-37)32-9-6-31(7-10-32)50-42(59)27-13-15-54(16-14-27)33-8-5-28-24-55(44(61)34(28)18-33)38-11-12-40(58)51-43(38)60/h5,17-19,21-23,25,27,30-33,38H,1-4,6-16,24H2,(H,46,49)(H,50,59)(H,51,58,60). The first-order chi connectivity index (χ1) is 29.8. The van der Waals surface area contributed by atoms with E-state index >= 15 is 0 Å². The smallest absolute Gasteiger partial charge is 0.254 e. The summed E-state index contributed by atoms with van der Waals surface area (Å²) >= 11 is 0. The van der Waals surface area contributed by atoms with E-state index in [2.05, 4.69) is 59.5 Å². The average molecular weight is 824 g/mol. The van der Waals surface area contributed by atoms with Crippen LogP contribution in [0.15, 0.2) is 60.2 Å². The molecule has 3 N–H and O–H groups in total. The van der Waals surface area contributed by atoms with Crippen molar-refractivity contribution in [1.29, 1.82) is 5.26 Å². The number of pyridine rings is 2. The monoisotopic (exact) mass is 823 g/mol. The maximum absolute atomic E-state index is 13.5. The van der Waals surface area contributed by atoms with Crippen LogP contribution in [0.5, 0.6) is 0 Å². The van der Waals surface area contributed by atoms with Gasteiger partial charge in [-0.2, -0.15) is 15.0 Å². The quantitative estimate of drug-likeness (QED) is 0.206. The van der Waals surface area contributed by atoms with Crippen LogP contribution in [0.25, 0.3) is 28.1 Å². The Kier molecular flexibility index (Phi) is 10.4. The van der Waals surface area contributed by atoms with E-state index in [9.17, 15) is 24.4 Å². The number of amides is 4. The Morgan fingerprint density at radius 1 is 0.918 bits per heavy atom. The van der Waals surface area contributed by atoms with E-state index in [0.29, 0.717) is 41.6 Å². The molecule has 61 heavy (non-hydrogen) atoms. The molecule has 2 saturated carbocycles. The van der Waals surface area contributed by atoms with Crippen molar-refractivity contribution in [3.05, 3.63) is 65.8 Å². The number of imide groups is 1. The van der Waals surface area contributed by atoms with E-state index in [1.165, 1.54) is 12.8 Å². The highest BCUT2D eigenvalue weighted by molar-refractivity contribution is 6.07.